The van der Waals surface area contributed by atoms with E-state index in [9.17, 15) is 14.7 Å². The van der Waals surface area contributed by atoms with Gasteiger partial charge in [-0.2, -0.15) is 0 Å². The van der Waals surface area contributed by atoms with Crippen LogP contribution in [0.3, 0.4) is 0 Å². The van der Waals surface area contributed by atoms with E-state index in [1.807, 2.05) is 0 Å². The summed E-state index contributed by atoms with van der Waals surface area (Å²) in [5, 5.41) is 9.21. The van der Waals surface area contributed by atoms with Crippen LogP contribution in [0.25, 0.3) is 0 Å². The Morgan fingerprint density at radius 1 is 0.371 bits per heavy atom. The SMILES string of the molecule is CCCCCCCC/C=C\CCCCCCCCOc1cc(C(=O)OCC(=O)O)cc(OCCCCCCCC/C=C\CCCCCCCC)c1OCCCCCCCC/C=C\CCCCCCCC. The Balaban J connectivity index is 2.69. The molecule has 0 fully saturated rings. The number of esters is 1. The number of carboxylic acids is 1. The number of allylic oxidation sites excluding steroid dienone is 6. The van der Waals surface area contributed by atoms with Gasteiger partial charge >= 0.3 is 11.9 Å². The molecule has 0 radical (unpaired) electrons. The summed E-state index contributed by atoms with van der Waals surface area (Å²) >= 11 is 0. The molecule has 0 unspecified atom stereocenters. The third kappa shape index (κ3) is 42.5. The molecule has 0 spiro atoms. The highest BCUT2D eigenvalue weighted by Crippen LogP contribution is 2.40. The zero-order valence-electron chi connectivity index (χ0n) is 46.0. The molecule has 0 saturated heterocycles. The summed E-state index contributed by atoms with van der Waals surface area (Å²) < 4.78 is 24.4. The second-order valence-corrected chi connectivity index (χ2v) is 20.1. The second kappa shape index (κ2) is 52.1. The number of carbonyl (C=O) groups is 2. The van der Waals surface area contributed by atoms with Crippen LogP contribution >= 0.6 is 0 Å². The molecule has 1 N–H and O–H groups in total. The summed E-state index contributed by atoms with van der Waals surface area (Å²) in [6.45, 7) is 7.63. The molecule has 7 heteroatoms. The number of hydrogen-bond donors (Lipinski definition) is 1. The number of ether oxygens (including phenoxy) is 4. The first-order chi connectivity index (χ1) is 34.5. The van der Waals surface area contributed by atoms with Gasteiger partial charge in [-0.25, -0.2) is 9.59 Å². The molecule has 0 atom stereocenters. The lowest BCUT2D eigenvalue weighted by Crippen LogP contribution is -2.14. The third-order valence-corrected chi connectivity index (χ3v) is 13.3. The number of hydrogen-bond acceptors (Lipinski definition) is 6. The number of rotatable bonds is 54. The molecular formula is C63H110O7. The van der Waals surface area contributed by atoms with E-state index in [-0.39, 0.29) is 5.56 Å². The number of carboxylic acid groups (broad SMARTS) is 1. The van der Waals surface area contributed by atoms with Gasteiger partial charge < -0.3 is 24.1 Å². The molecule has 7 nitrogen and oxygen atoms in total. The molecule has 0 aliphatic rings. The van der Waals surface area contributed by atoms with E-state index in [0.29, 0.717) is 37.1 Å². The van der Waals surface area contributed by atoms with Crippen LogP contribution in [-0.2, 0) is 9.53 Å². The second-order valence-electron chi connectivity index (χ2n) is 20.1. The van der Waals surface area contributed by atoms with Gasteiger partial charge in [-0.1, -0.05) is 231 Å². The lowest BCUT2D eigenvalue weighted by Gasteiger charge is -2.19. The van der Waals surface area contributed by atoms with Gasteiger partial charge in [0, 0.05) is 0 Å². The quantitative estimate of drug-likeness (QED) is 0.0395. The van der Waals surface area contributed by atoms with Crippen molar-refractivity contribution < 1.29 is 33.6 Å². The summed E-state index contributed by atoms with van der Waals surface area (Å²) in [5.74, 6) is -0.476. The van der Waals surface area contributed by atoms with Crippen LogP contribution in [0.4, 0.5) is 0 Å². The minimum absolute atomic E-state index is 0.206. The van der Waals surface area contributed by atoms with E-state index in [2.05, 4.69) is 57.2 Å². The molecule has 0 bridgehead atoms. The van der Waals surface area contributed by atoms with Crippen LogP contribution < -0.4 is 14.2 Å². The Hall–Kier alpha value is -3.22. The van der Waals surface area contributed by atoms with Gasteiger partial charge in [0.1, 0.15) is 0 Å². The minimum atomic E-state index is -1.20. The topological polar surface area (TPSA) is 91.3 Å². The highest BCUT2D eigenvalue weighted by atomic mass is 16.6. The Labute approximate surface area is 432 Å². The Morgan fingerprint density at radius 3 is 0.914 bits per heavy atom. The Morgan fingerprint density at radius 2 is 0.629 bits per heavy atom. The maximum Gasteiger partial charge on any atom is 0.341 e. The maximum absolute atomic E-state index is 13.1. The van der Waals surface area contributed by atoms with Crippen molar-refractivity contribution in [3.63, 3.8) is 0 Å². The van der Waals surface area contributed by atoms with Crippen LogP contribution in [0.5, 0.6) is 17.2 Å². The van der Waals surface area contributed by atoms with Gasteiger partial charge in [-0.05, 0) is 108 Å². The molecule has 1 aromatic rings. The summed E-state index contributed by atoms with van der Waals surface area (Å²) in [4.78, 5) is 24.4. The number of unbranched alkanes of at least 4 members (excludes halogenated alkanes) is 36. The summed E-state index contributed by atoms with van der Waals surface area (Å²) in [7, 11) is 0. The summed E-state index contributed by atoms with van der Waals surface area (Å²) in [6, 6.07) is 3.27. The monoisotopic (exact) mass is 979 g/mol. The first kappa shape index (κ1) is 64.8. The lowest BCUT2D eigenvalue weighted by atomic mass is 10.1. The molecule has 404 valence electrons. The normalized spacial score (nSPS) is 11.7. The van der Waals surface area contributed by atoms with Gasteiger partial charge in [0.05, 0.1) is 25.4 Å². The summed E-state index contributed by atoms with van der Waals surface area (Å²) in [6.07, 6.45) is 66.4. The average molecular weight is 980 g/mol. The van der Waals surface area contributed by atoms with Crippen molar-refractivity contribution >= 4 is 11.9 Å². The van der Waals surface area contributed by atoms with Crippen LogP contribution in [0.2, 0.25) is 0 Å². The van der Waals surface area contributed by atoms with Gasteiger partial charge in [-0.3, -0.25) is 0 Å². The lowest BCUT2D eigenvalue weighted by molar-refractivity contribution is -0.140. The van der Waals surface area contributed by atoms with E-state index >= 15 is 0 Å². The van der Waals surface area contributed by atoms with E-state index in [4.69, 9.17) is 18.9 Å². The van der Waals surface area contributed by atoms with Crippen molar-refractivity contribution in [1.82, 2.24) is 0 Å². The van der Waals surface area contributed by atoms with Crippen molar-refractivity contribution in [2.45, 2.75) is 290 Å². The molecule has 0 aromatic heterocycles. The number of benzene rings is 1. The van der Waals surface area contributed by atoms with Gasteiger partial charge in [-0.15, -0.1) is 0 Å². The first-order valence-electron chi connectivity index (χ1n) is 29.9. The smallest absolute Gasteiger partial charge is 0.341 e. The third-order valence-electron chi connectivity index (χ3n) is 13.3. The van der Waals surface area contributed by atoms with Crippen LogP contribution in [-0.4, -0.2) is 43.5 Å². The zero-order chi connectivity index (χ0) is 50.5. The van der Waals surface area contributed by atoms with Crippen molar-refractivity contribution in [2.24, 2.45) is 0 Å². The van der Waals surface area contributed by atoms with Gasteiger partial charge in [0.15, 0.2) is 18.1 Å². The van der Waals surface area contributed by atoms with Gasteiger partial charge in [0.2, 0.25) is 5.75 Å². The van der Waals surface area contributed by atoms with Crippen molar-refractivity contribution in [3.8, 4) is 17.2 Å². The maximum atomic E-state index is 13.1. The van der Waals surface area contributed by atoms with Gasteiger partial charge in [0.25, 0.3) is 0 Å². The van der Waals surface area contributed by atoms with Crippen LogP contribution in [0, 0.1) is 0 Å². The van der Waals surface area contributed by atoms with Crippen LogP contribution in [0.1, 0.15) is 301 Å². The first-order valence-corrected chi connectivity index (χ1v) is 29.9. The van der Waals surface area contributed by atoms with E-state index in [1.165, 1.54) is 218 Å². The molecule has 0 aliphatic heterocycles. The Kier molecular flexibility index (Phi) is 48.2. The molecule has 0 saturated carbocycles. The van der Waals surface area contributed by atoms with Crippen molar-refractivity contribution in [1.29, 1.82) is 0 Å². The molecule has 0 aliphatic carbocycles. The van der Waals surface area contributed by atoms with E-state index in [1.54, 1.807) is 12.1 Å². The molecule has 0 heterocycles. The van der Waals surface area contributed by atoms with E-state index in [0.717, 1.165) is 51.4 Å². The van der Waals surface area contributed by atoms with Crippen molar-refractivity contribution in [3.05, 3.63) is 54.2 Å². The number of carbonyl (C=O) groups excluding carboxylic acids is 1. The highest BCUT2D eigenvalue weighted by molar-refractivity contribution is 5.92. The average Bonchev–Trinajstić information content (AvgIpc) is 3.36. The van der Waals surface area contributed by atoms with E-state index < -0.39 is 18.5 Å². The molecular weight excluding hydrogens is 869 g/mol. The summed E-state index contributed by atoms with van der Waals surface area (Å²) in [5.41, 5.74) is 0.206. The minimum Gasteiger partial charge on any atom is -0.490 e. The predicted octanol–water partition coefficient (Wildman–Crippen LogP) is 20.2. The van der Waals surface area contributed by atoms with Crippen molar-refractivity contribution in [2.75, 3.05) is 26.4 Å². The largest absolute Gasteiger partial charge is 0.490 e. The standard InChI is InChI=1S/C63H110O7/c1-4-7-10-13-16-19-22-25-28-31-34-37-40-43-46-49-52-67-59-55-58(63(66)70-57-61(64)65)56-60(68-53-50-47-44-41-38-35-32-29-26-23-20-17-14-11-8-5-2)62(59)69-54-51-48-45-42-39-36-33-30-27-24-21-18-15-12-9-6-3/h25-30,55-56H,4-24,31-54,57H2,1-3H3,(H,64,65)/b28-25-,29-26-,30-27-. The fourth-order valence-corrected chi connectivity index (χ4v) is 8.85. The highest BCUT2D eigenvalue weighted by Gasteiger charge is 2.21. The predicted molar refractivity (Wildman–Crippen MR) is 299 cm³/mol. The zero-order valence-corrected chi connectivity index (χ0v) is 46.0. The fraction of sp³-hybridized carbons (Fsp3) is 0.778. The number of aliphatic carboxylic acids is 1. The molecule has 0 amide bonds. The molecule has 1 rings (SSSR count). The Bertz CT molecular complexity index is 1330. The molecule has 1 aromatic carbocycles. The van der Waals surface area contributed by atoms with Crippen LogP contribution in [0.15, 0.2) is 48.6 Å². The molecule has 70 heavy (non-hydrogen) atoms. The fourth-order valence-electron chi connectivity index (χ4n) is 8.85.